The molecule has 22 heavy (non-hydrogen) atoms. The number of thiophene rings is 1. The fourth-order valence-corrected chi connectivity index (χ4v) is 4.27. The molecular formula is C15H18FNO3S2. The Morgan fingerprint density at radius 2 is 2.09 bits per heavy atom. The van der Waals surface area contributed by atoms with Crippen molar-refractivity contribution in [3.8, 4) is 5.75 Å². The molecule has 1 aromatic carbocycles. The van der Waals surface area contributed by atoms with Gasteiger partial charge in [-0.05, 0) is 47.0 Å². The maximum Gasteiger partial charge on any atom is 0.243 e. The molecule has 2 aromatic rings. The average Bonchev–Trinajstić information content (AvgIpc) is 2.99. The van der Waals surface area contributed by atoms with Gasteiger partial charge >= 0.3 is 0 Å². The number of sulfonamides is 1. The minimum absolute atomic E-state index is 0.0267. The molecule has 0 bridgehead atoms. The minimum atomic E-state index is -3.74. The Bertz CT molecular complexity index is 714. The predicted octanol–water partition coefficient (Wildman–Crippen LogP) is 3.50. The fraction of sp³-hybridized carbons (Fsp3) is 0.333. The summed E-state index contributed by atoms with van der Waals surface area (Å²) in [7, 11) is -2.40. The van der Waals surface area contributed by atoms with E-state index in [2.05, 4.69) is 0 Å². The largest absolute Gasteiger partial charge is 0.494 e. The Morgan fingerprint density at radius 3 is 2.64 bits per heavy atom. The summed E-state index contributed by atoms with van der Waals surface area (Å²) >= 11 is 1.52. The zero-order valence-electron chi connectivity index (χ0n) is 12.5. The van der Waals surface area contributed by atoms with Gasteiger partial charge in [0, 0.05) is 13.1 Å². The fourth-order valence-electron chi connectivity index (χ4n) is 2.08. The van der Waals surface area contributed by atoms with Gasteiger partial charge in [-0.2, -0.15) is 15.6 Å². The summed E-state index contributed by atoms with van der Waals surface area (Å²) in [6.07, 6.45) is 0.683. The van der Waals surface area contributed by atoms with E-state index in [0.717, 1.165) is 11.6 Å². The molecule has 7 heteroatoms. The molecular weight excluding hydrogens is 325 g/mol. The highest BCUT2D eigenvalue weighted by Gasteiger charge is 2.25. The Labute approximate surface area is 134 Å². The molecule has 0 saturated heterocycles. The summed E-state index contributed by atoms with van der Waals surface area (Å²) in [6.45, 7) is 2.57. The van der Waals surface area contributed by atoms with Gasteiger partial charge in [0.05, 0.1) is 12.0 Å². The smallest absolute Gasteiger partial charge is 0.243 e. The van der Waals surface area contributed by atoms with E-state index in [1.807, 2.05) is 23.8 Å². The molecule has 4 nitrogen and oxygen atoms in total. The number of nitrogens with zero attached hydrogens (tertiary/aromatic N) is 1. The third-order valence-corrected chi connectivity index (χ3v) is 5.75. The van der Waals surface area contributed by atoms with Crippen LogP contribution in [-0.2, 0) is 16.6 Å². The lowest BCUT2D eigenvalue weighted by Gasteiger charge is -2.21. The van der Waals surface area contributed by atoms with E-state index in [9.17, 15) is 12.8 Å². The van der Waals surface area contributed by atoms with Gasteiger partial charge in [-0.25, -0.2) is 12.8 Å². The summed E-state index contributed by atoms with van der Waals surface area (Å²) in [5.74, 6) is -0.658. The number of halogens is 1. The van der Waals surface area contributed by atoms with E-state index < -0.39 is 15.8 Å². The highest BCUT2D eigenvalue weighted by atomic mass is 32.2. The van der Waals surface area contributed by atoms with E-state index in [4.69, 9.17) is 4.74 Å². The van der Waals surface area contributed by atoms with Crippen molar-refractivity contribution >= 4 is 21.4 Å². The standard InChI is InChI=1S/C15H18FNO3S2/c1-3-7-17(10-12-6-8-21-11-12)22(18,19)13-4-5-15(20-2)14(16)9-13/h4-6,8-9,11H,3,7,10H2,1-2H3. The number of methoxy groups -OCH3 is 1. The van der Waals surface area contributed by atoms with Crippen molar-refractivity contribution in [3.05, 3.63) is 46.4 Å². The Balaban J connectivity index is 2.34. The maximum absolute atomic E-state index is 13.8. The van der Waals surface area contributed by atoms with Crippen LogP contribution in [0.15, 0.2) is 39.9 Å². The van der Waals surface area contributed by atoms with Gasteiger partial charge in [0.25, 0.3) is 0 Å². The molecule has 0 saturated carbocycles. The van der Waals surface area contributed by atoms with Crippen LogP contribution in [0.5, 0.6) is 5.75 Å². The number of rotatable bonds is 7. The lowest BCUT2D eigenvalue weighted by atomic mass is 10.3. The Morgan fingerprint density at radius 1 is 1.32 bits per heavy atom. The molecule has 0 N–H and O–H groups in total. The summed E-state index contributed by atoms with van der Waals surface area (Å²) in [5, 5.41) is 3.81. The lowest BCUT2D eigenvalue weighted by Crippen LogP contribution is -2.31. The molecule has 0 atom stereocenters. The first-order valence-corrected chi connectivity index (χ1v) is 9.22. The van der Waals surface area contributed by atoms with Crippen LogP contribution in [0, 0.1) is 5.82 Å². The Kier molecular flexibility index (Phi) is 5.55. The first kappa shape index (κ1) is 16.9. The molecule has 1 aromatic heterocycles. The van der Waals surface area contributed by atoms with Crippen LogP contribution >= 0.6 is 11.3 Å². The van der Waals surface area contributed by atoms with Crippen molar-refractivity contribution in [2.75, 3.05) is 13.7 Å². The molecule has 0 aliphatic rings. The molecule has 0 fully saturated rings. The van der Waals surface area contributed by atoms with Crippen molar-refractivity contribution in [1.29, 1.82) is 0 Å². The third kappa shape index (κ3) is 3.66. The average molecular weight is 343 g/mol. The molecule has 0 unspecified atom stereocenters. The summed E-state index contributed by atoms with van der Waals surface area (Å²) in [5.41, 5.74) is 0.927. The third-order valence-electron chi connectivity index (χ3n) is 3.17. The number of hydrogen-bond acceptors (Lipinski definition) is 4. The molecule has 2 rings (SSSR count). The van der Waals surface area contributed by atoms with Gasteiger partial charge in [0.1, 0.15) is 0 Å². The topological polar surface area (TPSA) is 46.6 Å². The number of ether oxygens (including phenoxy) is 1. The van der Waals surface area contributed by atoms with E-state index in [-0.39, 0.29) is 17.2 Å². The molecule has 0 spiro atoms. The maximum atomic E-state index is 13.8. The first-order chi connectivity index (χ1) is 10.5. The number of benzene rings is 1. The first-order valence-electron chi connectivity index (χ1n) is 6.83. The molecule has 120 valence electrons. The van der Waals surface area contributed by atoms with Crippen LogP contribution in [0.1, 0.15) is 18.9 Å². The van der Waals surface area contributed by atoms with Gasteiger partial charge in [0.2, 0.25) is 10.0 Å². The van der Waals surface area contributed by atoms with Gasteiger partial charge < -0.3 is 4.74 Å². The molecule has 0 aliphatic heterocycles. The minimum Gasteiger partial charge on any atom is -0.494 e. The number of hydrogen-bond donors (Lipinski definition) is 0. The van der Waals surface area contributed by atoms with Crippen LogP contribution in [-0.4, -0.2) is 26.4 Å². The molecule has 0 aliphatic carbocycles. The van der Waals surface area contributed by atoms with Gasteiger partial charge in [0.15, 0.2) is 11.6 Å². The highest BCUT2D eigenvalue weighted by Crippen LogP contribution is 2.24. The van der Waals surface area contributed by atoms with Crippen LogP contribution in [0.2, 0.25) is 0 Å². The summed E-state index contributed by atoms with van der Waals surface area (Å²) in [4.78, 5) is -0.0607. The quantitative estimate of drug-likeness (QED) is 0.773. The van der Waals surface area contributed by atoms with Crippen LogP contribution in [0.3, 0.4) is 0 Å². The zero-order chi connectivity index (χ0) is 16.2. The van der Waals surface area contributed by atoms with Crippen LogP contribution < -0.4 is 4.74 Å². The zero-order valence-corrected chi connectivity index (χ0v) is 14.1. The van der Waals surface area contributed by atoms with Crippen molar-refractivity contribution in [3.63, 3.8) is 0 Å². The monoisotopic (exact) mass is 343 g/mol. The van der Waals surface area contributed by atoms with Gasteiger partial charge in [-0.15, -0.1) is 0 Å². The lowest BCUT2D eigenvalue weighted by molar-refractivity contribution is 0.384. The van der Waals surface area contributed by atoms with E-state index >= 15 is 0 Å². The molecule has 1 heterocycles. The van der Waals surface area contributed by atoms with Gasteiger partial charge in [-0.1, -0.05) is 6.92 Å². The van der Waals surface area contributed by atoms with Gasteiger partial charge in [-0.3, -0.25) is 0 Å². The van der Waals surface area contributed by atoms with Crippen molar-refractivity contribution < 1.29 is 17.5 Å². The predicted molar refractivity (Wildman–Crippen MR) is 85.2 cm³/mol. The van der Waals surface area contributed by atoms with Crippen molar-refractivity contribution in [2.45, 2.75) is 24.8 Å². The molecule has 0 radical (unpaired) electrons. The van der Waals surface area contributed by atoms with E-state index in [0.29, 0.717) is 13.0 Å². The van der Waals surface area contributed by atoms with Crippen LogP contribution in [0.4, 0.5) is 4.39 Å². The second-order valence-electron chi connectivity index (χ2n) is 4.77. The molecule has 0 amide bonds. The highest BCUT2D eigenvalue weighted by molar-refractivity contribution is 7.89. The summed E-state index contributed by atoms with van der Waals surface area (Å²) < 4.78 is 45.4. The van der Waals surface area contributed by atoms with Crippen molar-refractivity contribution in [1.82, 2.24) is 4.31 Å². The SMILES string of the molecule is CCCN(Cc1ccsc1)S(=O)(=O)c1ccc(OC)c(F)c1. The summed E-state index contributed by atoms with van der Waals surface area (Å²) in [6, 6.07) is 5.59. The second kappa shape index (κ2) is 7.21. The van der Waals surface area contributed by atoms with E-state index in [1.165, 1.54) is 34.9 Å². The normalized spacial score (nSPS) is 11.8. The Hall–Kier alpha value is -1.44. The van der Waals surface area contributed by atoms with E-state index in [1.54, 1.807) is 0 Å². The van der Waals surface area contributed by atoms with Crippen LogP contribution in [0.25, 0.3) is 0 Å². The van der Waals surface area contributed by atoms with Crippen molar-refractivity contribution in [2.24, 2.45) is 0 Å². The second-order valence-corrected chi connectivity index (χ2v) is 7.48.